The molecule has 0 amide bonds. The van der Waals surface area contributed by atoms with E-state index in [0.29, 0.717) is 0 Å². The quantitative estimate of drug-likeness (QED) is 0.836. The molecular weight excluding hydrogens is 241 g/mol. The van der Waals surface area contributed by atoms with Crippen molar-refractivity contribution in [1.82, 2.24) is 5.32 Å². The van der Waals surface area contributed by atoms with Crippen molar-refractivity contribution in [3.05, 3.63) is 22.6 Å². The molecule has 0 unspecified atom stereocenters. The maximum Gasteiger partial charge on any atom is 0.118 e. The smallest absolute Gasteiger partial charge is 0.118 e. The van der Waals surface area contributed by atoms with E-state index in [-0.39, 0.29) is 12.4 Å². The van der Waals surface area contributed by atoms with Gasteiger partial charge in [0, 0.05) is 0 Å². The minimum absolute atomic E-state index is 0. The summed E-state index contributed by atoms with van der Waals surface area (Å²) in [6.07, 6.45) is 2.85. The van der Waals surface area contributed by atoms with Crippen molar-refractivity contribution in [3.8, 4) is 0 Å². The lowest BCUT2D eigenvalue weighted by molar-refractivity contribution is 0.482. The molecule has 0 saturated heterocycles. The highest BCUT2D eigenvalue weighted by molar-refractivity contribution is 9.10. The number of hydrogen-bond donors (Lipinski definition) is 1. The highest BCUT2D eigenvalue weighted by Gasteiger charge is 1.96. The van der Waals surface area contributed by atoms with Gasteiger partial charge in [0.05, 0.1) is 11.0 Å². The maximum atomic E-state index is 5.20. The Morgan fingerprint density at radius 3 is 2.83 bits per heavy atom. The van der Waals surface area contributed by atoms with Crippen LogP contribution >= 0.6 is 28.3 Å². The van der Waals surface area contributed by atoms with Crippen molar-refractivity contribution in [1.29, 1.82) is 0 Å². The SMILES string of the molecule is CCCNCc1cc(Br)co1.Cl. The molecule has 1 N–H and O–H groups in total. The lowest BCUT2D eigenvalue weighted by Crippen LogP contribution is -2.12. The van der Waals surface area contributed by atoms with E-state index in [9.17, 15) is 0 Å². The lowest BCUT2D eigenvalue weighted by atomic mass is 10.4. The van der Waals surface area contributed by atoms with Crippen LogP contribution in [0.15, 0.2) is 21.2 Å². The van der Waals surface area contributed by atoms with Crippen molar-refractivity contribution in [3.63, 3.8) is 0 Å². The summed E-state index contributed by atoms with van der Waals surface area (Å²) < 4.78 is 6.21. The molecule has 4 heteroatoms. The van der Waals surface area contributed by atoms with Gasteiger partial charge in [-0.05, 0) is 35.0 Å². The molecule has 0 saturated carbocycles. The van der Waals surface area contributed by atoms with Gasteiger partial charge in [0.15, 0.2) is 0 Å². The molecule has 1 heterocycles. The zero-order chi connectivity index (χ0) is 8.10. The fourth-order valence-corrected chi connectivity index (χ4v) is 1.18. The van der Waals surface area contributed by atoms with Gasteiger partial charge in [-0.25, -0.2) is 0 Å². The van der Waals surface area contributed by atoms with E-state index in [1.54, 1.807) is 6.26 Å². The van der Waals surface area contributed by atoms with Gasteiger partial charge in [-0.1, -0.05) is 6.92 Å². The van der Waals surface area contributed by atoms with Crippen LogP contribution in [0.2, 0.25) is 0 Å². The summed E-state index contributed by atoms with van der Waals surface area (Å²) in [5.74, 6) is 0.977. The van der Waals surface area contributed by atoms with Crippen LogP contribution in [0.4, 0.5) is 0 Å². The van der Waals surface area contributed by atoms with Crippen LogP contribution in [0.25, 0.3) is 0 Å². The molecule has 0 spiro atoms. The van der Waals surface area contributed by atoms with Crippen LogP contribution in [-0.2, 0) is 6.54 Å². The van der Waals surface area contributed by atoms with Gasteiger partial charge in [-0.3, -0.25) is 0 Å². The highest BCUT2D eigenvalue weighted by Crippen LogP contribution is 2.13. The third kappa shape index (κ3) is 4.14. The molecular formula is C8H13BrClNO. The first-order valence-corrected chi connectivity index (χ1v) is 4.56. The molecule has 0 atom stereocenters. The molecule has 0 fully saturated rings. The van der Waals surface area contributed by atoms with Crippen LogP contribution in [0.1, 0.15) is 19.1 Å². The second-order valence-corrected chi connectivity index (χ2v) is 3.32. The van der Waals surface area contributed by atoms with Crippen molar-refractivity contribution in [2.24, 2.45) is 0 Å². The fourth-order valence-electron chi connectivity index (χ4n) is 0.835. The van der Waals surface area contributed by atoms with E-state index >= 15 is 0 Å². The monoisotopic (exact) mass is 253 g/mol. The van der Waals surface area contributed by atoms with Crippen LogP contribution < -0.4 is 5.32 Å². The van der Waals surface area contributed by atoms with E-state index in [4.69, 9.17) is 4.42 Å². The van der Waals surface area contributed by atoms with Gasteiger partial charge >= 0.3 is 0 Å². The van der Waals surface area contributed by atoms with E-state index in [1.165, 1.54) is 0 Å². The Morgan fingerprint density at radius 2 is 2.33 bits per heavy atom. The van der Waals surface area contributed by atoms with Crippen molar-refractivity contribution < 1.29 is 4.42 Å². The Hall–Kier alpha value is 0.01000. The Morgan fingerprint density at radius 1 is 1.58 bits per heavy atom. The lowest BCUT2D eigenvalue weighted by Gasteiger charge is -1.97. The van der Waals surface area contributed by atoms with Crippen molar-refractivity contribution in [2.45, 2.75) is 19.9 Å². The summed E-state index contributed by atoms with van der Waals surface area (Å²) in [6.45, 7) is 4.00. The van der Waals surface area contributed by atoms with E-state index in [1.807, 2.05) is 6.07 Å². The summed E-state index contributed by atoms with van der Waals surface area (Å²) in [4.78, 5) is 0. The average molecular weight is 255 g/mol. The second-order valence-electron chi connectivity index (χ2n) is 2.41. The van der Waals surface area contributed by atoms with Crippen LogP contribution in [0.3, 0.4) is 0 Å². The Kier molecular flexibility index (Phi) is 6.52. The molecule has 70 valence electrons. The third-order valence-electron chi connectivity index (χ3n) is 1.35. The predicted octanol–water partition coefficient (Wildman–Crippen LogP) is 2.96. The second kappa shape index (κ2) is 6.52. The molecule has 1 aromatic rings. The predicted molar refractivity (Wildman–Crippen MR) is 55.7 cm³/mol. The molecule has 0 aromatic carbocycles. The molecule has 1 aromatic heterocycles. The molecule has 2 nitrogen and oxygen atoms in total. The molecule has 1 rings (SSSR count). The van der Waals surface area contributed by atoms with E-state index in [2.05, 4.69) is 28.2 Å². The topological polar surface area (TPSA) is 25.2 Å². The average Bonchev–Trinajstić information content (AvgIpc) is 2.37. The molecule has 0 aliphatic rings. The molecule has 0 aliphatic heterocycles. The van der Waals surface area contributed by atoms with Gasteiger partial charge in [-0.15, -0.1) is 12.4 Å². The van der Waals surface area contributed by atoms with Gasteiger partial charge < -0.3 is 9.73 Å². The number of nitrogens with one attached hydrogen (secondary N) is 1. The van der Waals surface area contributed by atoms with Crippen LogP contribution in [0.5, 0.6) is 0 Å². The molecule has 12 heavy (non-hydrogen) atoms. The van der Waals surface area contributed by atoms with Crippen LogP contribution in [-0.4, -0.2) is 6.54 Å². The van der Waals surface area contributed by atoms with Crippen molar-refractivity contribution in [2.75, 3.05) is 6.54 Å². The Labute approximate surface area is 87.3 Å². The number of hydrogen-bond acceptors (Lipinski definition) is 2. The first-order valence-electron chi connectivity index (χ1n) is 3.76. The molecule has 0 radical (unpaired) electrons. The molecule has 0 bridgehead atoms. The van der Waals surface area contributed by atoms with Crippen molar-refractivity contribution >= 4 is 28.3 Å². The normalized spacial score (nSPS) is 9.50. The first-order chi connectivity index (χ1) is 5.33. The maximum absolute atomic E-state index is 5.20. The zero-order valence-corrected chi connectivity index (χ0v) is 9.37. The van der Waals surface area contributed by atoms with Gasteiger partial charge in [0.1, 0.15) is 12.0 Å². The highest BCUT2D eigenvalue weighted by atomic mass is 79.9. The summed E-state index contributed by atoms with van der Waals surface area (Å²) >= 11 is 3.32. The third-order valence-corrected chi connectivity index (χ3v) is 1.76. The first kappa shape index (κ1) is 12.0. The van der Waals surface area contributed by atoms with Gasteiger partial charge in [-0.2, -0.15) is 0 Å². The molecule has 0 aliphatic carbocycles. The Bertz CT molecular complexity index is 215. The number of rotatable bonds is 4. The fraction of sp³-hybridized carbons (Fsp3) is 0.500. The van der Waals surface area contributed by atoms with E-state index < -0.39 is 0 Å². The zero-order valence-electron chi connectivity index (χ0n) is 6.97. The van der Waals surface area contributed by atoms with Gasteiger partial charge in [0.2, 0.25) is 0 Å². The minimum atomic E-state index is 0. The summed E-state index contributed by atoms with van der Waals surface area (Å²) in [5, 5.41) is 3.25. The summed E-state index contributed by atoms with van der Waals surface area (Å²) in [6, 6.07) is 1.97. The number of furan rings is 1. The summed E-state index contributed by atoms with van der Waals surface area (Å²) in [7, 11) is 0. The number of halogens is 2. The Balaban J connectivity index is 0.00000121. The standard InChI is InChI=1S/C8H12BrNO.ClH/c1-2-3-10-5-8-4-7(9)6-11-8;/h4,6,10H,2-3,5H2,1H3;1H. The summed E-state index contributed by atoms with van der Waals surface area (Å²) in [5.41, 5.74) is 0. The van der Waals surface area contributed by atoms with Gasteiger partial charge in [0.25, 0.3) is 0 Å². The van der Waals surface area contributed by atoms with E-state index in [0.717, 1.165) is 29.7 Å². The minimum Gasteiger partial charge on any atom is -0.467 e. The van der Waals surface area contributed by atoms with Crippen LogP contribution in [0, 0.1) is 0 Å². The largest absolute Gasteiger partial charge is 0.467 e.